The molecule has 14 heavy (non-hydrogen) atoms. The second kappa shape index (κ2) is 3.58. The average molecular weight is 251 g/mol. The minimum absolute atomic E-state index is 1.01. The molecule has 0 aliphatic rings. The summed E-state index contributed by atoms with van der Waals surface area (Å²) in [7, 11) is 4.05. The van der Waals surface area contributed by atoms with Gasteiger partial charge in [0.1, 0.15) is 0 Å². The first-order valence-electron chi connectivity index (χ1n) is 4.40. The number of halogens is 1. The minimum atomic E-state index is 1.01. The predicted molar refractivity (Wildman–Crippen MR) is 63.8 cm³/mol. The normalized spacial score (nSPS) is 10.5. The molecule has 2 nitrogen and oxygen atoms in total. The van der Waals surface area contributed by atoms with Crippen molar-refractivity contribution in [2.75, 3.05) is 19.0 Å². The van der Waals surface area contributed by atoms with Crippen LogP contribution < -0.4 is 4.90 Å². The van der Waals surface area contributed by atoms with Gasteiger partial charge in [-0.2, -0.15) is 0 Å². The summed E-state index contributed by atoms with van der Waals surface area (Å²) < 4.78 is 1.01. The summed E-state index contributed by atoms with van der Waals surface area (Å²) >= 11 is 3.42. The van der Waals surface area contributed by atoms with Crippen LogP contribution in [0.1, 0.15) is 0 Å². The molecule has 2 rings (SSSR count). The Kier molecular flexibility index (Phi) is 2.42. The number of fused-ring (bicyclic) bond motifs is 1. The number of nitrogens with zero attached hydrogens (tertiary/aromatic N) is 2. The number of hydrogen-bond donors (Lipinski definition) is 0. The highest BCUT2D eigenvalue weighted by Crippen LogP contribution is 2.25. The third kappa shape index (κ3) is 1.60. The van der Waals surface area contributed by atoms with Crippen molar-refractivity contribution in [1.82, 2.24) is 4.98 Å². The quantitative estimate of drug-likeness (QED) is 0.774. The Morgan fingerprint density at radius 2 is 2.07 bits per heavy atom. The molecule has 2 aromatic rings. The van der Waals surface area contributed by atoms with Crippen LogP contribution in [-0.4, -0.2) is 19.1 Å². The third-order valence-corrected chi connectivity index (χ3v) is 2.57. The summed E-state index contributed by atoms with van der Waals surface area (Å²) in [5.41, 5.74) is 2.19. The minimum Gasteiger partial charge on any atom is -0.376 e. The second-order valence-electron chi connectivity index (χ2n) is 3.40. The van der Waals surface area contributed by atoms with Crippen molar-refractivity contribution in [3.63, 3.8) is 0 Å². The highest BCUT2D eigenvalue weighted by molar-refractivity contribution is 9.10. The zero-order valence-corrected chi connectivity index (χ0v) is 9.75. The molecule has 0 atom stereocenters. The Labute approximate surface area is 91.7 Å². The van der Waals surface area contributed by atoms with Crippen LogP contribution in [0.2, 0.25) is 0 Å². The fourth-order valence-electron chi connectivity index (χ4n) is 1.48. The lowest BCUT2D eigenvalue weighted by Gasteiger charge is -2.14. The van der Waals surface area contributed by atoms with Crippen LogP contribution in [0.5, 0.6) is 0 Å². The molecule has 0 spiro atoms. The Bertz CT molecular complexity index is 466. The summed E-state index contributed by atoms with van der Waals surface area (Å²) in [5.74, 6) is 0. The van der Waals surface area contributed by atoms with E-state index in [-0.39, 0.29) is 0 Å². The Morgan fingerprint density at radius 1 is 1.29 bits per heavy atom. The third-order valence-electron chi connectivity index (χ3n) is 2.14. The molecule has 0 unspecified atom stereocenters. The van der Waals surface area contributed by atoms with Crippen LogP contribution in [-0.2, 0) is 0 Å². The fourth-order valence-corrected chi connectivity index (χ4v) is 1.83. The smallest absolute Gasteiger partial charge is 0.0935 e. The number of para-hydroxylation sites is 1. The summed E-state index contributed by atoms with van der Waals surface area (Å²) in [6.45, 7) is 0. The van der Waals surface area contributed by atoms with Crippen LogP contribution in [0.25, 0.3) is 10.9 Å². The van der Waals surface area contributed by atoms with Crippen LogP contribution >= 0.6 is 15.9 Å². The van der Waals surface area contributed by atoms with Crippen LogP contribution in [0.15, 0.2) is 34.9 Å². The van der Waals surface area contributed by atoms with E-state index in [2.05, 4.69) is 44.0 Å². The second-order valence-corrected chi connectivity index (χ2v) is 4.31. The van der Waals surface area contributed by atoms with E-state index in [1.54, 1.807) is 0 Å². The largest absolute Gasteiger partial charge is 0.376 e. The molecule has 0 N–H and O–H groups in total. The number of rotatable bonds is 1. The summed E-state index contributed by atoms with van der Waals surface area (Å²) in [4.78, 5) is 6.49. The zero-order valence-electron chi connectivity index (χ0n) is 8.16. The first kappa shape index (κ1) is 9.46. The molecule has 0 saturated heterocycles. The maximum Gasteiger partial charge on any atom is 0.0935 e. The molecule has 0 fully saturated rings. The van der Waals surface area contributed by atoms with Crippen molar-refractivity contribution in [1.29, 1.82) is 0 Å². The van der Waals surface area contributed by atoms with Gasteiger partial charge >= 0.3 is 0 Å². The van der Waals surface area contributed by atoms with Crippen LogP contribution in [0.3, 0.4) is 0 Å². The lowest BCUT2D eigenvalue weighted by atomic mass is 10.2. The van der Waals surface area contributed by atoms with Gasteiger partial charge in [0.25, 0.3) is 0 Å². The molecule has 0 bridgehead atoms. The van der Waals surface area contributed by atoms with Gasteiger partial charge in [0, 0.05) is 30.2 Å². The number of anilines is 1. The Morgan fingerprint density at radius 3 is 2.79 bits per heavy atom. The zero-order chi connectivity index (χ0) is 10.1. The number of benzene rings is 1. The molecule has 1 heterocycles. The molecule has 72 valence electrons. The van der Waals surface area contributed by atoms with Gasteiger partial charge in [0.05, 0.1) is 11.2 Å². The van der Waals surface area contributed by atoms with Gasteiger partial charge in [0.2, 0.25) is 0 Å². The maximum absolute atomic E-state index is 4.41. The molecule has 1 aromatic heterocycles. The van der Waals surface area contributed by atoms with E-state index in [1.165, 1.54) is 0 Å². The highest BCUT2D eigenvalue weighted by Gasteiger charge is 2.03. The van der Waals surface area contributed by atoms with E-state index in [1.807, 2.05) is 26.4 Å². The van der Waals surface area contributed by atoms with E-state index in [0.29, 0.717) is 0 Å². The van der Waals surface area contributed by atoms with Crippen molar-refractivity contribution in [2.45, 2.75) is 0 Å². The van der Waals surface area contributed by atoms with Crippen molar-refractivity contribution >= 4 is 32.5 Å². The van der Waals surface area contributed by atoms with E-state index < -0.39 is 0 Å². The first-order valence-corrected chi connectivity index (χ1v) is 5.19. The summed E-state index contributed by atoms with van der Waals surface area (Å²) in [6.07, 6.45) is 1.83. The van der Waals surface area contributed by atoms with E-state index in [0.717, 1.165) is 21.1 Å². The molecule has 0 saturated carbocycles. The maximum atomic E-state index is 4.41. The van der Waals surface area contributed by atoms with Gasteiger partial charge in [-0.05, 0) is 28.1 Å². The van der Waals surface area contributed by atoms with Gasteiger partial charge in [-0.1, -0.05) is 12.1 Å². The molecule has 0 aliphatic heterocycles. The predicted octanol–water partition coefficient (Wildman–Crippen LogP) is 3.06. The monoisotopic (exact) mass is 250 g/mol. The summed E-state index contributed by atoms with van der Waals surface area (Å²) in [6, 6.07) is 8.27. The Hall–Kier alpha value is -1.09. The first-order chi connectivity index (χ1) is 6.68. The van der Waals surface area contributed by atoms with Crippen molar-refractivity contribution in [3.05, 3.63) is 34.9 Å². The molecule has 3 heteroatoms. The van der Waals surface area contributed by atoms with Gasteiger partial charge in [-0.25, -0.2) is 0 Å². The molecular weight excluding hydrogens is 240 g/mol. The standard InChI is InChI=1S/C11H11BrN2/c1-14(2)10-5-3-4-8-6-9(12)7-13-11(8)10/h3-7H,1-2H3. The van der Waals surface area contributed by atoms with E-state index >= 15 is 0 Å². The number of pyridine rings is 1. The van der Waals surface area contributed by atoms with E-state index in [9.17, 15) is 0 Å². The Balaban J connectivity index is 2.75. The van der Waals surface area contributed by atoms with Gasteiger partial charge < -0.3 is 4.90 Å². The molecule has 0 amide bonds. The highest BCUT2D eigenvalue weighted by atomic mass is 79.9. The van der Waals surface area contributed by atoms with Gasteiger partial charge in [0.15, 0.2) is 0 Å². The molecular formula is C11H11BrN2. The SMILES string of the molecule is CN(C)c1cccc2cc(Br)cnc12. The molecule has 0 aliphatic carbocycles. The van der Waals surface area contributed by atoms with Crippen LogP contribution in [0, 0.1) is 0 Å². The van der Waals surface area contributed by atoms with Gasteiger partial charge in [-0.15, -0.1) is 0 Å². The lowest BCUT2D eigenvalue weighted by molar-refractivity contribution is 1.13. The molecule has 1 aromatic carbocycles. The van der Waals surface area contributed by atoms with Crippen molar-refractivity contribution < 1.29 is 0 Å². The fraction of sp³-hybridized carbons (Fsp3) is 0.182. The average Bonchev–Trinajstić information content (AvgIpc) is 2.16. The summed E-state index contributed by atoms with van der Waals surface area (Å²) in [5, 5.41) is 1.16. The van der Waals surface area contributed by atoms with Gasteiger partial charge in [-0.3, -0.25) is 4.98 Å². The number of hydrogen-bond acceptors (Lipinski definition) is 2. The topological polar surface area (TPSA) is 16.1 Å². The number of aromatic nitrogens is 1. The lowest BCUT2D eigenvalue weighted by Crippen LogP contribution is -2.09. The van der Waals surface area contributed by atoms with Crippen LogP contribution in [0.4, 0.5) is 5.69 Å². The van der Waals surface area contributed by atoms with Crippen molar-refractivity contribution in [3.8, 4) is 0 Å². The molecule has 0 radical (unpaired) electrons. The van der Waals surface area contributed by atoms with Crippen molar-refractivity contribution in [2.24, 2.45) is 0 Å². The van der Waals surface area contributed by atoms with E-state index in [4.69, 9.17) is 0 Å².